The zero-order valence-corrected chi connectivity index (χ0v) is 12.4. The Balaban J connectivity index is 1.74. The highest BCUT2D eigenvalue weighted by molar-refractivity contribution is 6.30. The van der Waals surface area contributed by atoms with Gasteiger partial charge >= 0.3 is 0 Å². The Kier molecular flexibility index (Phi) is 5.68. The molecule has 106 valence electrons. The summed E-state index contributed by atoms with van der Waals surface area (Å²) in [4.78, 5) is 0. The number of aliphatic hydroxyl groups is 1. The van der Waals surface area contributed by atoms with Crippen LogP contribution in [0.4, 0.5) is 0 Å². The first-order chi connectivity index (χ1) is 9.15. The fourth-order valence-electron chi connectivity index (χ4n) is 2.92. The van der Waals surface area contributed by atoms with Gasteiger partial charge in [0.1, 0.15) is 0 Å². The van der Waals surface area contributed by atoms with Crippen LogP contribution in [0, 0.1) is 5.92 Å². The molecule has 0 bridgehead atoms. The number of rotatable bonds is 6. The predicted octanol–water partition coefficient (Wildman–Crippen LogP) is 3.93. The molecule has 1 aliphatic carbocycles. The molecule has 0 heterocycles. The summed E-state index contributed by atoms with van der Waals surface area (Å²) in [7, 11) is 0. The number of hydrogen-bond acceptors (Lipinski definition) is 2. The molecule has 19 heavy (non-hydrogen) atoms. The number of halogens is 1. The van der Waals surface area contributed by atoms with Gasteiger partial charge in [0.2, 0.25) is 0 Å². The van der Waals surface area contributed by atoms with Crippen LogP contribution in [0.3, 0.4) is 0 Å². The molecular weight excluding hydrogens is 258 g/mol. The van der Waals surface area contributed by atoms with Gasteiger partial charge in [0.05, 0.1) is 6.10 Å². The van der Waals surface area contributed by atoms with E-state index in [0.29, 0.717) is 6.54 Å². The van der Waals surface area contributed by atoms with Gasteiger partial charge in [-0.1, -0.05) is 49.4 Å². The third-order valence-corrected chi connectivity index (χ3v) is 4.32. The van der Waals surface area contributed by atoms with Gasteiger partial charge in [0.15, 0.2) is 0 Å². The van der Waals surface area contributed by atoms with Crippen LogP contribution in [-0.4, -0.2) is 17.8 Å². The van der Waals surface area contributed by atoms with E-state index in [4.69, 9.17) is 11.6 Å². The molecule has 1 saturated carbocycles. The lowest BCUT2D eigenvalue weighted by Crippen LogP contribution is -2.30. The first-order valence-electron chi connectivity index (χ1n) is 7.32. The van der Waals surface area contributed by atoms with Gasteiger partial charge in [0.25, 0.3) is 0 Å². The first-order valence-corrected chi connectivity index (χ1v) is 7.70. The van der Waals surface area contributed by atoms with E-state index in [2.05, 4.69) is 18.3 Å². The summed E-state index contributed by atoms with van der Waals surface area (Å²) >= 11 is 5.99. The molecule has 0 aromatic heterocycles. The molecule has 0 saturated heterocycles. The van der Waals surface area contributed by atoms with E-state index in [1.54, 1.807) is 0 Å². The molecule has 0 aliphatic heterocycles. The summed E-state index contributed by atoms with van der Waals surface area (Å²) in [6.07, 6.45) is 5.97. The van der Waals surface area contributed by atoms with Crippen molar-refractivity contribution in [1.82, 2.24) is 5.32 Å². The fourth-order valence-corrected chi connectivity index (χ4v) is 3.12. The van der Waals surface area contributed by atoms with Gasteiger partial charge in [-0.25, -0.2) is 0 Å². The molecule has 2 rings (SSSR count). The minimum Gasteiger partial charge on any atom is -0.392 e. The maximum Gasteiger partial charge on any atom is 0.0667 e. The summed E-state index contributed by atoms with van der Waals surface area (Å²) in [5, 5.41) is 14.2. The SMILES string of the molecule is C[C@@H](NCC(O)CC1CCCC1)c1cccc(Cl)c1. The molecule has 1 aromatic carbocycles. The lowest BCUT2D eigenvalue weighted by Gasteiger charge is -2.19. The molecule has 0 radical (unpaired) electrons. The van der Waals surface area contributed by atoms with Crippen LogP contribution >= 0.6 is 11.6 Å². The van der Waals surface area contributed by atoms with Gasteiger partial charge in [0, 0.05) is 17.6 Å². The molecule has 0 amide bonds. The number of benzene rings is 1. The van der Waals surface area contributed by atoms with E-state index in [9.17, 15) is 5.11 Å². The van der Waals surface area contributed by atoms with Gasteiger partial charge in [-0.15, -0.1) is 0 Å². The molecule has 1 aliphatic rings. The van der Waals surface area contributed by atoms with Crippen molar-refractivity contribution >= 4 is 11.6 Å². The van der Waals surface area contributed by atoms with Crippen molar-refractivity contribution in [3.8, 4) is 0 Å². The molecular formula is C16H24ClNO. The Labute approximate surface area is 121 Å². The molecule has 2 atom stereocenters. The summed E-state index contributed by atoms with van der Waals surface area (Å²) in [6, 6.07) is 8.10. The third-order valence-electron chi connectivity index (χ3n) is 4.09. The average Bonchev–Trinajstić information content (AvgIpc) is 2.88. The van der Waals surface area contributed by atoms with E-state index in [0.717, 1.165) is 17.4 Å². The fraction of sp³-hybridized carbons (Fsp3) is 0.625. The van der Waals surface area contributed by atoms with Crippen LogP contribution in [0.2, 0.25) is 5.02 Å². The standard InChI is InChI=1S/C16H24ClNO/c1-12(14-7-4-8-15(17)10-14)18-11-16(19)9-13-5-2-3-6-13/h4,7-8,10,12-13,16,18-19H,2-3,5-6,9,11H2,1H3/t12-,16?/m1/s1. The molecule has 3 heteroatoms. The van der Waals surface area contributed by atoms with Crippen LogP contribution in [-0.2, 0) is 0 Å². The monoisotopic (exact) mass is 281 g/mol. The van der Waals surface area contributed by atoms with Crippen molar-refractivity contribution in [1.29, 1.82) is 0 Å². The summed E-state index contributed by atoms with van der Waals surface area (Å²) < 4.78 is 0. The predicted molar refractivity (Wildman–Crippen MR) is 80.5 cm³/mol. The normalized spacial score (nSPS) is 19.5. The highest BCUT2D eigenvalue weighted by Crippen LogP contribution is 2.28. The number of nitrogens with one attached hydrogen (secondary N) is 1. The minimum absolute atomic E-state index is 0.219. The Morgan fingerprint density at radius 3 is 2.79 bits per heavy atom. The molecule has 1 aromatic rings. The number of hydrogen-bond donors (Lipinski definition) is 2. The summed E-state index contributed by atoms with van der Waals surface area (Å²) in [6.45, 7) is 2.76. The molecule has 2 N–H and O–H groups in total. The van der Waals surface area contributed by atoms with E-state index in [1.807, 2.05) is 18.2 Å². The average molecular weight is 282 g/mol. The van der Waals surface area contributed by atoms with Crippen LogP contribution in [0.5, 0.6) is 0 Å². The van der Waals surface area contributed by atoms with Crippen molar-refractivity contribution in [2.75, 3.05) is 6.54 Å². The molecule has 1 unspecified atom stereocenters. The Bertz CT molecular complexity index is 390. The van der Waals surface area contributed by atoms with Gasteiger partial charge in [-0.2, -0.15) is 0 Å². The lowest BCUT2D eigenvalue weighted by molar-refractivity contribution is 0.137. The van der Waals surface area contributed by atoms with E-state index in [-0.39, 0.29) is 12.1 Å². The van der Waals surface area contributed by atoms with Crippen LogP contribution in [0.1, 0.15) is 50.6 Å². The smallest absolute Gasteiger partial charge is 0.0667 e. The Morgan fingerprint density at radius 2 is 2.11 bits per heavy atom. The number of aliphatic hydroxyl groups excluding tert-OH is 1. The third kappa shape index (κ3) is 4.79. The van der Waals surface area contributed by atoms with Gasteiger partial charge in [-0.3, -0.25) is 0 Å². The van der Waals surface area contributed by atoms with Crippen LogP contribution in [0.25, 0.3) is 0 Å². The van der Waals surface area contributed by atoms with Crippen molar-refractivity contribution in [2.45, 2.75) is 51.2 Å². The Hall–Kier alpha value is -0.570. The quantitative estimate of drug-likeness (QED) is 0.828. The highest BCUT2D eigenvalue weighted by Gasteiger charge is 2.19. The van der Waals surface area contributed by atoms with Crippen molar-refractivity contribution in [3.63, 3.8) is 0 Å². The topological polar surface area (TPSA) is 32.3 Å². The molecule has 1 fully saturated rings. The van der Waals surface area contributed by atoms with Crippen molar-refractivity contribution < 1.29 is 5.11 Å². The van der Waals surface area contributed by atoms with Gasteiger partial charge in [-0.05, 0) is 37.0 Å². The van der Waals surface area contributed by atoms with Crippen LogP contribution in [0.15, 0.2) is 24.3 Å². The lowest BCUT2D eigenvalue weighted by atomic mass is 9.99. The maximum absolute atomic E-state index is 10.1. The van der Waals surface area contributed by atoms with E-state index >= 15 is 0 Å². The van der Waals surface area contributed by atoms with E-state index in [1.165, 1.54) is 31.2 Å². The summed E-state index contributed by atoms with van der Waals surface area (Å²) in [5.74, 6) is 0.735. The maximum atomic E-state index is 10.1. The molecule has 0 spiro atoms. The van der Waals surface area contributed by atoms with Crippen LogP contribution < -0.4 is 5.32 Å². The van der Waals surface area contributed by atoms with Crippen molar-refractivity contribution in [3.05, 3.63) is 34.9 Å². The second-order valence-corrected chi connectivity index (χ2v) is 6.16. The van der Waals surface area contributed by atoms with Gasteiger partial charge < -0.3 is 10.4 Å². The second kappa shape index (κ2) is 7.28. The Morgan fingerprint density at radius 1 is 1.37 bits per heavy atom. The summed E-state index contributed by atoms with van der Waals surface area (Å²) in [5.41, 5.74) is 1.17. The minimum atomic E-state index is -0.232. The second-order valence-electron chi connectivity index (χ2n) is 5.72. The zero-order chi connectivity index (χ0) is 13.7. The highest BCUT2D eigenvalue weighted by atomic mass is 35.5. The largest absolute Gasteiger partial charge is 0.392 e. The molecule has 2 nitrogen and oxygen atoms in total. The first kappa shape index (κ1) is 14.8. The zero-order valence-electron chi connectivity index (χ0n) is 11.6. The van der Waals surface area contributed by atoms with E-state index < -0.39 is 0 Å². The van der Waals surface area contributed by atoms with Crippen molar-refractivity contribution in [2.24, 2.45) is 5.92 Å².